The number of benzene rings is 2. The van der Waals surface area contributed by atoms with Gasteiger partial charge in [0.2, 0.25) is 0 Å². The first-order valence-electron chi connectivity index (χ1n) is 6.94. The molecule has 0 spiro atoms. The fourth-order valence-corrected chi connectivity index (χ4v) is 3.39. The predicted molar refractivity (Wildman–Crippen MR) is 82.3 cm³/mol. The Morgan fingerprint density at radius 1 is 1.12 bits per heavy atom. The van der Waals surface area contributed by atoms with Gasteiger partial charge >= 0.3 is 0 Å². The highest BCUT2D eigenvalue weighted by molar-refractivity contribution is 7.92. The molecular formula is C15H13F3N2O3S. The zero-order valence-corrected chi connectivity index (χ0v) is 13.3. The summed E-state index contributed by atoms with van der Waals surface area (Å²) in [6, 6.07) is 5.61. The van der Waals surface area contributed by atoms with Crippen molar-refractivity contribution in [2.45, 2.75) is 4.90 Å². The second kappa shape index (κ2) is 5.90. The topological polar surface area (TPSA) is 58.6 Å². The van der Waals surface area contributed by atoms with Crippen LogP contribution in [0.15, 0.2) is 35.2 Å². The zero-order valence-electron chi connectivity index (χ0n) is 12.5. The monoisotopic (exact) mass is 358 g/mol. The van der Waals surface area contributed by atoms with Crippen molar-refractivity contribution in [3.63, 3.8) is 0 Å². The number of nitrogens with one attached hydrogen (secondary N) is 1. The van der Waals surface area contributed by atoms with E-state index in [-0.39, 0.29) is 4.90 Å². The molecule has 3 rings (SSSR count). The highest BCUT2D eigenvalue weighted by Gasteiger charge is 2.23. The first-order valence-corrected chi connectivity index (χ1v) is 8.42. The SMILES string of the molecule is CN1CCOc2ccc(S(=O)(=O)Nc3ccc(F)c(F)c3F)cc21. The molecule has 0 unspecified atom stereocenters. The van der Waals surface area contributed by atoms with Crippen LogP contribution >= 0.6 is 0 Å². The van der Waals surface area contributed by atoms with E-state index in [1.165, 1.54) is 18.2 Å². The van der Waals surface area contributed by atoms with Crippen molar-refractivity contribution in [1.29, 1.82) is 0 Å². The van der Waals surface area contributed by atoms with Gasteiger partial charge in [-0.15, -0.1) is 0 Å². The fourth-order valence-electron chi connectivity index (χ4n) is 2.31. The van der Waals surface area contributed by atoms with Crippen LogP contribution in [0.3, 0.4) is 0 Å². The van der Waals surface area contributed by atoms with E-state index in [0.717, 1.165) is 6.07 Å². The van der Waals surface area contributed by atoms with Crippen molar-refractivity contribution < 1.29 is 26.3 Å². The standard InChI is InChI=1S/C15H13F3N2O3S/c1-20-6-7-23-13-5-2-9(8-12(13)20)24(21,22)19-11-4-3-10(16)14(17)15(11)18/h2-5,8,19H,6-7H2,1H3. The van der Waals surface area contributed by atoms with Crippen molar-refractivity contribution in [2.75, 3.05) is 29.8 Å². The van der Waals surface area contributed by atoms with Crippen molar-refractivity contribution in [3.8, 4) is 5.75 Å². The van der Waals surface area contributed by atoms with E-state index in [2.05, 4.69) is 0 Å². The molecule has 1 aliphatic heterocycles. The van der Waals surface area contributed by atoms with Gasteiger partial charge in [-0.25, -0.2) is 21.6 Å². The Labute approximate surface area is 136 Å². The van der Waals surface area contributed by atoms with Crippen LogP contribution in [-0.2, 0) is 10.0 Å². The van der Waals surface area contributed by atoms with Gasteiger partial charge in [0, 0.05) is 7.05 Å². The van der Waals surface area contributed by atoms with E-state index >= 15 is 0 Å². The number of hydrogen-bond donors (Lipinski definition) is 1. The van der Waals surface area contributed by atoms with Crippen molar-refractivity contribution in [3.05, 3.63) is 47.8 Å². The van der Waals surface area contributed by atoms with Gasteiger partial charge in [0.15, 0.2) is 17.5 Å². The van der Waals surface area contributed by atoms with Crippen LogP contribution in [0.4, 0.5) is 24.5 Å². The molecular weight excluding hydrogens is 345 g/mol. The summed E-state index contributed by atoms with van der Waals surface area (Å²) in [4.78, 5) is 1.67. The summed E-state index contributed by atoms with van der Waals surface area (Å²) in [5.74, 6) is -4.21. The molecule has 2 aromatic carbocycles. The van der Waals surface area contributed by atoms with Crippen molar-refractivity contribution in [2.24, 2.45) is 0 Å². The Bertz CT molecular complexity index is 903. The first-order chi connectivity index (χ1) is 11.3. The minimum Gasteiger partial charge on any atom is -0.490 e. The molecule has 1 aliphatic rings. The Balaban J connectivity index is 1.97. The van der Waals surface area contributed by atoms with E-state index in [9.17, 15) is 21.6 Å². The Morgan fingerprint density at radius 3 is 2.62 bits per heavy atom. The fraction of sp³-hybridized carbons (Fsp3) is 0.200. The summed E-state index contributed by atoms with van der Waals surface area (Å²) in [7, 11) is -2.41. The highest BCUT2D eigenvalue weighted by Crippen LogP contribution is 2.33. The number of anilines is 2. The average Bonchev–Trinajstić information content (AvgIpc) is 2.55. The molecule has 0 aromatic heterocycles. The number of ether oxygens (including phenoxy) is 1. The van der Waals surface area contributed by atoms with Crippen LogP contribution in [0.1, 0.15) is 0 Å². The molecule has 0 amide bonds. The maximum atomic E-state index is 13.7. The number of halogens is 3. The lowest BCUT2D eigenvalue weighted by Crippen LogP contribution is -2.29. The second-order valence-corrected chi connectivity index (χ2v) is 6.91. The smallest absolute Gasteiger partial charge is 0.262 e. The third kappa shape index (κ3) is 2.86. The van der Waals surface area contributed by atoms with E-state index in [4.69, 9.17) is 4.74 Å². The normalized spacial score (nSPS) is 14.1. The summed E-state index contributed by atoms with van der Waals surface area (Å²) in [6.07, 6.45) is 0. The molecule has 5 nitrogen and oxygen atoms in total. The predicted octanol–water partition coefficient (Wildman–Crippen LogP) is 2.73. The van der Waals surface area contributed by atoms with Crippen LogP contribution in [-0.4, -0.2) is 28.6 Å². The lowest BCUT2D eigenvalue weighted by molar-refractivity contribution is 0.311. The maximum absolute atomic E-state index is 13.7. The quantitative estimate of drug-likeness (QED) is 0.858. The molecule has 2 aromatic rings. The molecule has 1 N–H and O–H groups in total. The summed E-state index contributed by atoms with van der Waals surface area (Å²) >= 11 is 0. The summed E-state index contributed by atoms with van der Waals surface area (Å²) in [5, 5.41) is 0. The lowest BCUT2D eigenvalue weighted by Gasteiger charge is -2.28. The van der Waals surface area contributed by atoms with Crippen LogP contribution in [0.5, 0.6) is 5.75 Å². The zero-order chi connectivity index (χ0) is 17.5. The van der Waals surface area contributed by atoms with Gasteiger partial charge in [0.05, 0.1) is 22.8 Å². The van der Waals surface area contributed by atoms with Crippen molar-refractivity contribution >= 4 is 21.4 Å². The molecule has 9 heteroatoms. The summed E-state index contributed by atoms with van der Waals surface area (Å²) in [6.45, 7) is 1.07. The minimum atomic E-state index is -4.18. The Kier molecular flexibility index (Phi) is 4.04. The van der Waals surface area contributed by atoms with Gasteiger partial charge in [0.1, 0.15) is 12.4 Å². The van der Waals surface area contributed by atoms with Gasteiger partial charge in [-0.1, -0.05) is 0 Å². The highest BCUT2D eigenvalue weighted by atomic mass is 32.2. The van der Waals surface area contributed by atoms with Gasteiger partial charge in [0.25, 0.3) is 10.0 Å². The molecule has 0 atom stereocenters. The number of likely N-dealkylation sites (N-methyl/N-ethyl adjacent to an activating group) is 1. The van der Waals surface area contributed by atoms with Crippen molar-refractivity contribution in [1.82, 2.24) is 0 Å². The Morgan fingerprint density at radius 2 is 1.88 bits per heavy atom. The molecule has 1 heterocycles. The van der Waals surface area contributed by atoms with Gasteiger partial charge in [-0.05, 0) is 30.3 Å². The van der Waals surface area contributed by atoms with Gasteiger partial charge in [-0.2, -0.15) is 0 Å². The molecule has 24 heavy (non-hydrogen) atoms. The number of fused-ring (bicyclic) bond motifs is 1. The molecule has 0 aliphatic carbocycles. The van der Waals surface area contributed by atoms with E-state index in [0.29, 0.717) is 30.7 Å². The molecule has 0 bridgehead atoms. The Hall–Kier alpha value is -2.42. The minimum absolute atomic E-state index is 0.150. The third-order valence-electron chi connectivity index (χ3n) is 3.62. The number of nitrogens with zero attached hydrogens (tertiary/aromatic N) is 1. The van der Waals surface area contributed by atoms with E-state index in [1.54, 1.807) is 7.05 Å². The van der Waals surface area contributed by atoms with Crippen LogP contribution in [0.2, 0.25) is 0 Å². The van der Waals surface area contributed by atoms with Crippen LogP contribution in [0.25, 0.3) is 0 Å². The second-order valence-electron chi connectivity index (χ2n) is 5.23. The molecule has 128 valence electrons. The summed E-state index contributed by atoms with van der Waals surface area (Å²) < 4.78 is 72.0. The number of hydrogen-bond acceptors (Lipinski definition) is 4. The lowest BCUT2D eigenvalue weighted by atomic mass is 10.2. The van der Waals surface area contributed by atoms with Gasteiger partial charge < -0.3 is 9.64 Å². The average molecular weight is 358 g/mol. The number of sulfonamides is 1. The molecule has 0 saturated carbocycles. The maximum Gasteiger partial charge on any atom is 0.262 e. The van der Waals surface area contributed by atoms with E-state index < -0.39 is 33.2 Å². The molecule has 0 radical (unpaired) electrons. The third-order valence-corrected chi connectivity index (χ3v) is 4.98. The molecule has 0 saturated heterocycles. The van der Waals surface area contributed by atoms with E-state index in [1.807, 2.05) is 9.62 Å². The van der Waals surface area contributed by atoms with Crippen LogP contribution in [0, 0.1) is 17.5 Å². The van der Waals surface area contributed by atoms with Crippen LogP contribution < -0.4 is 14.4 Å². The molecule has 0 fully saturated rings. The van der Waals surface area contributed by atoms with Gasteiger partial charge in [-0.3, -0.25) is 4.72 Å². The first kappa shape index (κ1) is 16.4. The number of rotatable bonds is 3. The summed E-state index contributed by atoms with van der Waals surface area (Å²) in [5.41, 5.74) is -0.105. The largest absolute Gasteiger partial charge is 0.490 e.